The Morgan fingerprint density at radius 2 is 1.79 bits per heavy atom. The van der Waals surface area contributed by atoms with E-state index in [1.54, 1.807) is 11.0 Å². The fraction of sp³-hybridized carbons (Fsp3) is 0.150. The van der Waals surface area contributed by atoms with Gasteiger partial charge in [-0.05, 0) is 49.7 Å². The Morgan fingerprint density at radius 1 is 1.04 bits per heavy atom. The van der Waals surface area contributed by atoms with E-state index in [1.165, 1.54) is 0 Å². The summed E-state index contributed by atoms with van der Waals surface area (Å²) in [6.45, 7) is 4.45. The molecule has 1 aromatic heterocycles. The fourth-order valence-corrected chi connectivity index (χ4v) is 2.70. The summed E-state index contributed by atoms with van der Waals surface area (Å²) in [6, 6.07) is 18.8. The molecule has 0 saturated carbocycles. The van der Waals surface area contributed by atoms with Crippen molar-refractivity contribution in [3.05, 3.63) is 72.0 Å². The lowest BCUT2D eigenvalue weighted by Gasteiger charge is -2.19. The second-order valence-corrected chi connectivity index (χ2v) is 5.57. The third-order valence-electron chi connectivity index (χ3n) is 4.09. The number of hydrogen-bond acceptors (Lipinski definition) is 3. The predicted octanol–water partition coefficient (Wildman–Crippen LogP) is 4.50. The Kier molecular flexibility index (Phi) is 4.38. The molecule has 4 nitrogen and oxygen atoms in total. The van der Waals surface area contributed by atoms with Crippen molar-refractivity contribution in [2.24, 2.45) is 0 Å². The van der Waals surface area contributed by atoms with Crippen molar-refractivity contribution in [1.82, 2.24) is 0 Å². The number of anilines is 2. The molecule has 122 valence electrons. The Balaban J connectivity index is 1.92. The second kappa shape index (κ2) is 6.62. The highest BCUT2D eigenvalue weighted by atomic mass is 16.4. The van der Waals surface area contributed by atoms with Crippen LogP contribution in [0.1, 0.15) is 23.0 Å². The minimum atomic E-state index is -0.156. The molecule has 1 heterocycles. The van der Waals surface area contributed by atoms with Gasteiger partial charge in [0, 0.05) is 23.5 Å². The lowest BCUT2D eigenvalue weighted by Crippen LogP contribution is -2.30. The zero-order valence-electron chi connectivity index (χ0n) is 13.8. The minimum Gasteiger partial charge on any atom is -0.451 e. The maximum Gasteiger partial charge on any atom is 0.293 e. The molecule has 0 bridgehead atoms. The highest BCUT2D eigenvalue weighted by Gasteiger charge is 2.20. The van der Waals surface area contributed by atoms with Crippen LogP contribution in [0, 0.1) is 6.92 Å². The van der Waals surface area contributed by atoms with Gasteiger partial charge < -0.3 is 15.1 Å². The lowest BCUT2D eigenvalue weighted by atomic mass is 10.1. The quantitative estimate of drug-likeness (QED) is 0.720. The van der Waals surface area contributed by atoms with Gasteiger partial charge >= 0.3 is 0 Å². The molecule has 1 amide bonds. The molecule has 0 saturated heterocycles. The van der Waals surface area contributed by atoms with Gasteiger partial charge in [-0.15, -0.1) is 0 Å². The number of furan rings is 1. The van der Waals surface area contributed by atoms with Crippen LogP contribution in [0.4, 0.5) is 11.4 Å². The van der Waals surface area contributed by atoms with Gasteiger partial charge in [-0.2, -0.15) is 0 Å². The van der Waals surface area contributed by atoms with Crippen molar-refractivity contribution < 1.29 is 9.21 Å². The summed E-state index contributed by atoms with van der Waals surface area (Å²) in [5, 5.41) is 0. The summed E-state index contributed by atoms with van der Waals surface area (Å²) >= 11 is 0. The number of rotatable bonds is 4. The predicted molar refractivity (Wildman–Crippen MR) is 97.1 cm³/mol. The van der Waals surface area contributed by atoms with Crippen LogP contribution in [-0.2, 0) is 0 Å². The standard InChI is InChI=1S/C20H20N2O2/c1-3-22(15-8-5-4-6-9-15)20(23)19-13-12-18(24-19)16-10-7-11-17(21)14(16)2/h4-13H,3,21H2,1-2H3. The highest BCUT2D eigenvalue weighted by Crippen LogP contribution is 2.29. The Hall–Kier alpha value is -3.01. The number of benzene rings is 2. The summed E-state index contributed by atoms with van der Waals surface area (Å²) in [5.41, 5.74) is 9.35. The minimum absolute atomic E-state index is 0.156. The first-order valence-corrected chi connectivity index (χ1v) is 7.94. The molecule has 0 radical (unpaired) electrons. The third kappa shape index (κ3) is 2.91. The van der Waals surface area contributed by atoms with Crippen LogP contribution in [0.25, 0.3) is 11.3 Å². The zero-order chi connectivity index (χ0) is 17.1. The van der Waals surface area contributed by atoms with E-state index in [1.807, 2.05) is 68.4 Å². The summed E-state index contributed by atoms with van der Waals surface area (Å²) < 4.78 is 5.82. The SMILES string of the molecule is CCN(C(=O)c1ccc(-c2cccc(N)c2C)o1)c1ccccc1. The molecule has 0 spiro atoms. The van der Waals surface area contributed by atoms with Crippen molar-refractivity contribution in [1.29, 1.82) is 0 Å². The fourth-order valence-electron chi connectivity index (χ4n) is 2.70. The maximum absolute atomic E-state index is 12.8. The van der Waals surface area contributed by atoms with E-state index in [0.29, 0.717) is 23.8 Å². The van der Waals surface area contributed by atoms with Crippen molar-refractivity contribution in [2.75, 3.05) is 17.2 Å². The third-order valence-corrected chi connectivity index (χ3v) is 4.09. The zero-order valence-corrected chi connectivity index (χ0v) is 13.8. The maximum atomic E-state index is 12.8. The van der Waals surface area contributed by atoms with Crippen LogP contribution < -0.4 is 10.6 Å². The molecule has 0 unspecified atom stereocenters. The molecule has 3 rings (SSSR count). The van der Waals surface area contributed by atoms with Gasteiger partial charge in [0.1, 0.15) is 5.76 Å². The monoisotopic (exact) mass is 320 g/mol. The van der Waals surface area contributed by atoms with E-state index in [4.69, 9.17) is 10.2 Å². The number of nitrogen functional groups attached to an aromatic ring is 1. The van der Waals surface area contributed by atoms with Crippen LogP contribution in [0.5, 0.6) is 0 Å². The summed E-state index contributed by atoms with van der Waals surface area (Å²) in [6.07, 6.45) is 0. The van der Waals surface area contributed by atoms with Crippen molar-refractivity contribution in [3.8, 4) is 11.3 Å². The van der Waals surface area contributed by atoms with Crippen LogP contribution in [0.2, 0.25) is 0 Å². The summed E-state index contributed by atoms with van der Waals surface area (Å²) in [4.78, 5) is 14.5. The number of carbonyl (C=O) groups excluding carboxylic acids is 1. The molecule has 3 aromatic rings. The number of amides is 1. The topological polar surface area (TPSA) is 59.5 Å². The molecule has 0 aliphatic rings. The number of para-hydroxylation sites is 1. The van der Waals surface area contributed by atoms with Gasteiger partial charge in [0.2, 0.25) is 0 Å². The first-order chi connectivity index (χ1) is 11.6. The molecule has 4 heteroatoms. The van der Waals surface area contributed by atoms with Gasteiger partial charge in [-0.1, -0.05) is 30.3 Å². The molecule has 2 aromatic carbocycles. The second-order valence-electron chi connectivity index (χ2n) is 5.57. The van der Waals surface area contributed by atoms with Crippen molar-refractivity contribution in [2.45, 2.75) is 13.8 Å². The van der Waals surface area contributed by atoms with E-state index in [-0.39, 0.29) is 5.91 Å². The normalized spacial score (nSPS) is 10.6. The van der Waals surface area contributed by atoms with Gasteiger partial charge in [0.25, 0.3) is 5.91 Å². The summed E-state index contributed by atoms with van der Waals surface area (Å²) in [7, 11) is 0. The number of hydrogen-bond donors (Lipinski definition) is 1. The number of nitrogens with two attached hydrogens (primary N) is 1. The average molecular weight is 320 g/mol. The molecule has 0 atom stereocenters. The van der Waals surface area contributed by atoms with E-state index < -0.39 is 0 Å². The van der Waals surface area contributed by atoms with Crippen LogP contribution in [-0.4, -0.2) is 12.5 Å². The largest absolute Gasteiger partial charge is 0.451 e. The van der Waals surface area contributed by atoms with Gasteiger partial charge in [0.15, 0.2) is 5.76 Å². The van der Waals surface area contributed by atoms with Crippen molar-refractivity contribution in [3.63, 3.8) is 0 Å². The lowest BCUT2D eigenvalue weighted by molar-refractivity contribution is 0.0962. The average Bonchev–Trinajstić information content (AvgIpc) is 3.09. The Labute approximate surface area is 141 Å². The van der Waals surface area contributed by atoms with E-state index in [0.717, 1.165) is 16.8 Å². The molecule has 24 heavy (non-hydrogen) atoms. The molecule has 0 aliphatic heterocycles. The molecular weight excluding hydrogens is 300 g/mol. The van der Waals surface area contributed by atoms with E-state index >= 15 is 0 Å². The van der Waals surface area contributed by atoms with Crippen LogP contribution in [0.3, 0.4) is 0 Å². The molecule has 2 N–H and O–H groups in total. The number of carbonyl (C=O) groups is 1. The van der Waals surface area contributed by atoms with Crippen LogP contribution in [0.15, 0.2) is 65.1 Å². The van der Waals surface area contributed by atoms with Gasteiger partial charge in [-0.25, -0.2) is 0 Å². The smallest absolute Gasteiger partial charge is 0.293 e. The Bertz CT molecular complexity index is 853. The highest BCUT2D eigenvalue weighted by molar-refractivity contribution is 6.04. The number of nitrogens with zero attached hydrogens (tertiary/aromatic N) is 1. The van der Waals surface area contributed by atoms with Gasteiger partial charge in [0.05, 0.1) is 0 Å². The van der Waals surface area contributed by atoms with Crippen LogP contribution >= 0.6 is 0 Å². The van der Waals surface area contributed by atoms with E-state index in [9.17, 15) is 4.79 Å². The van der Waals surface area contributed by atoms with Crippen molar-refractivity contribution >= 4 is 17.3 Å². The van der Waals surface area contributed by atoms with Gasteiger partial charge in [-0.3, -0.25) is 4.79 Å². The Morgan fingerprint density at radius 3 is 2.50 bits per heavy atom. The molecule has 0 fully saturated rings. The van der Waals surface area contributed by atoms with E-state index in [2.05, 4.69) is 0 Å². The first-order valence-electron chi connectivity index (χ1n) is 7.94. The molecular formula is C20H20N2O2. The first kappa shape index (κ1) is 15.9. The summed E-state index contributed by atoms with van der Waals surface area (Å²) in [5.74, 6) is 0.807. The molecule has 0 aliphatic carbocycles.